The first kappa shape index (κ1) is 20.3. The summed E-state index contributed by atoms with van der Waals surface area (Å²) in [6.07, 6.45) is 1.16. The Balaban J connectivity index is 2.12. The molecule has 146 valence electrons. The van der Waals surface area contributed by atoms with Gasteiger partial charge in [0.2, 0.25) is 0 Å². The second-order valence-electron chi connectivity index (χ2n) is 6.15. The zero-order valence-corrected chi connectivity index (χ0v) is 17.2. The van der Waals surface area contributed by atoms with Gasteiger partial charge in [0.05, 0.1) is 11.4 Å². The Hall–Kier alpha value is -2.39. The maximum atomic E-state index is 11.7. The Morgan fingerprint density at radius 2 is 1.68 bits per heavy atom. The smallest absolute Gasteiger partial charge is 0.338 e. The zero-order chi connectivity index (χ0) is 20.5. The minimum atomic E-state index is -3.29. The molecule has 0 aliphatic heterocycles. The van der Waals surface area contributed by atoms with Gasteiger partial charge in [-0.05, 0) is 40.8 Å². The lowest BCUT2D eigenvalue weighted by Crippen LogP contribution is -2.31. The molecule has 0 unspecified atom stereocenters. The summed E-state index contributed by atoms with van der Waals surface area (Å²) in [5.74, 6) is 0. The molecule has 0 saturated heterocycles. The van der Waals surface area contributed by atoms with Crippen molar-refractivity contribution >= 4 is 38.8 Å². The summed E-state index contributed by atoms with van der Waals surface area (Å²) in [6.45, 7) is -0.0701. The highest BCUT2D eigenvalue weighted by atomic mass is 35.5. The molecule has 0 saturated carbocycles. The number of urea groups is 1. The summed E-state index contributed by atoms with van der Waals surface area (Å²) < 4.78 is 23.4. The van der Waals surface area contributed by atoms with Crippen LogP contribution in [0.1, 0.15) is 4.88 Å². The van der Waals surface area contributed by atoms with E-state index in [2.05, 4.69) is 0 Å². The van der Waals surface area contributed by atoms with Crippen LogP contribution in [-0.2, 0) is 16.4 Å². The van der Waals surface area contributed by atoms with Crippen LogP contribution in [0.2, 0.25) is 5.02 Å². The number of thiophene rings is 1. The van der Waals surface area contributed by atoms with Crippen LogP contribution in [0.4, 0.5) is 4.79 Å². The first-order valence-electron chi connectivity index (χ1n) is 8.09. The van der Waals surface area contributed by atoms with Crippen LogP contribution in [0.3, 0.4) is 0 Å². The van der Waals surface area contributed by atoms with Crippen molar-refractivity contribution in [2.45, 2.75) is 11.4 Å². The third kappa shape index (κ3) is 4.36. The lowest BCUT2D eigenvalue weighted by Gasteiger charge is -2.14. The van der Waals surface area contributed by atoms with Gasteiger partial charge in [-0.15, -0.1) is 11.3 Å². The van der Waals surface area contributed by atoms with Crippen molar-refractivity contribution in [3.8, 4) is 22.3 Å². The van der Waals surface area contributed by atoms with E-state index >= 15 is 0 Å². The van der Waals surface area contributed by atoms with Crippen LogP contribution in [0.15, 0.2) is 58.8 Å². The number of rotatable bonds is 5. The molecule has 1 aromatic heterocycles. The van der Waals surface area contributed by atoms with Crippen molar-refractivity contribution in [3.05, 3.63) is 63.8 Å². The minimum absolute atomic E-state index is 0.0701. The fraction of sp³-hybridized carbons (Fsp3) is 0.105. The number of sulfone groups is 1. The molecule has 0 fully saturated rings. The van der Waals surface area contributed by atoms with Crippen molar-refractivity contribution in [2.24, 2.45) is 5.73 Å². The Morgan fingerprint density at radius 3 is 2.21 bits per heavy atom. The van der Waals surface area contributed by atoms with E-state index in [1.807, 2.05) is 17.5 Å². The van der Waals surface area contributed by atoms with Crippen LogP contribution >= 0.6 is 22.9 Å². The van der Waals surface area contributed by atoms with Gasteiger partial charge in [0, 0.05) is 27.3 Å². The van der Waals surface area contributed by atoms with Gasteiger partial charge in [-0.3, -0.25) is 5.21 Å². The fourth-order valence-corrected chi connectivity index (χ4v) is 4.57. The third-order valence-corrected chi connectivity index (χ3v) is 6.49. The highest BCUT2D eigenvalue weighted by molar-refractivity contribution is 7.90. The minimum Gasteiger partial charge on any atom is -0.350 e. The van der Waals surface area contributed by atoms with Crippen LogP contribution in [0.5, 0.6) is 0 Å². The SMILES string of the molecule is CS(=O)(=O)c1ccc(-c2csc(CN(O)C(N)=O)c2-c2ccc(Cl)cc2)cc1. The Labute approximate surface area is 171 Å². The Bertz CT molecular complexity index is 1110. The lowest BCUT2D eigenvalue weighted by molar-refractivity contribution is -0.0461. The molecule has 3 rings (SSSR count). The van der Waals surface area contributed by atoms with Gasteiger partial charge in [0.15, 0.2) is 9.84 Å². The second-order valence-corrected chi connectivity index (χ2v) is 9.56. The summed E-state index contributed by atoms with van der Waals surface area (Å²) in [5, 5.41) is 12.7. The summed E-state index contributed by atoms with van der Waals surface area (Å²) >= 11 is 7.36. The standard InChI is InChI=1S/C19H17ClN2O4S2/c1-28(25,26)15-8-4-12(5-9-15)16-11-27-17(10-22(24)19(21)23)18(16)13-2-6-14(20)7-3-13/h2-9,11,24H,10H2,1H3,(H2,21,23). The van der Waals surface area contributed by atoms with Crippen molar-refractivity contribution in [1.82, 2.24) is 5.06 Å². The summed E-state index contributed by atoms with van der Waals surface area (Å²) in [4.78, 5) is 12.2. The molecule has 2 aromatic carbocycles. The normalized spacial score (nSPS) is 11.4. The summed E-state index contributed by atoms with van der Waals surface area (Å²) in [7, 11) is -3.29. The number of carbonyl (C=O) groups excluding carboxylic acids is 1. The van der Waals surface area contributed by atoms with Crippen molar-refractivity contribution in [3.63, 3.8) is 0 Å². The first-order chi connectivity index (χ1) is 13.2. The number of hydrogen-bond donors (Lipinski definition) is 2. The van der Waals surface area contributed by atoms with E-state index in [4.69, 9.17) is 17.3 Å². The van der Waals surface area contributed by atoms with Crippen LogP contribution in [0, 0.1) is 0 Å². The molecule has 0 spiro atoms. The topological polar surface area (TPSA) is 101 Å². The van der Waals surface area contributed by atoms with Crippen LogP contribution < -0.4 is 5.73 Å². The molecular formula is C19H17ClN2O4S2. The number of primary amides is 1. The highest BCUT2D eigenvalue weighted by Crippen LogP contribution is 2.40. The second kappa shape index (κ2) is 7.92. The van der Waals surface area contributed by atoms with E-state index < -0.39 is 15.9 Å². The van der Waals surface area contributed by atoms with Crippen LogP contribution in [-0.4, -0.2) is 31.0 Å². The Morgan fingerprint density at radius 1 is 1.11 bits per heavy atom. The number of nitrogens with two attached hydrogens (primary N) is 1. The fourth-order valence-electron chi connectivity index (χ4n) is 2.76. The van der Waals surface area contributed by atoms with Gasteiger partial charge in [-0.2, -0.15) is 0 Å². The maximum Gasteiger partial charge on any atom is 0.338 e. The average Bonchev–Trinajstić information content (AvgIpc) is 3.05. The van der Waals surface area contributed by atoms with Gasteiger partial charge in [0.25, 0.3) is 0 Å². The number of hydroxylamine groups is 2. The number of carbonyl (C=O) groups is 1. The van der Waals surface area contributed by atoms with Crippen molar-refractivity contribution < 1.29 is 18.4 Å². The predicted molar refractivity (Wildman–Crippen MR) is 110 cm³/mol. The van der Waals surface area contributed by atoms with Gasteiger partial charge in [-0.25, -0.2) is 18.3 Å². The van der Waals surface area contributed by atoms with E-state index in [-0.39, 0.29) is 11.4 Å². The third-order valence-electron chi connectivity index (χ3n) is 4.14. The monoisotopic (exact) mass is 436 g/mol. The van der Waals surface area contributed by atoms with Gasteiger partial charge >= 0.3 is 6.03 Å². The first-order valence-corrected chi connectivity index (χ1v) is 11.2. The number of amides is 2. The highest BCUT2D eigenvalue weighted by Gasteiger charge is 2.19. The lowest BCUT2D eigenvalue weighted by atomic mass is 9.97. The van der Waals surface area contributed by atoms with E-state index in [1.165, 1.54) is 11.3 Å². The largest absolute Gasteiger partial charge is 0.350 e. The van der Waals surface area contributed by atoms with Crippen molar-refractivity contribution in [2.75, 3.05) is 6.26 Å². The van der Waals surface area contributed by atoms with Gasteiger partial charge in [-0.1, -0.05) is 35.9 Å². The number of benzene rings is 2. The molecule has 3 N–H and O–H groups in total. The molecular weight excluding hydrogens is 420 g/mol. The molecule has 6 nitrogen and oxygen atoms in total. The molecule has 0 aliphatic rings. The molecule has 28 heavy (non-hydrogen) atoms. The van der Waals surface area contributed by atoms with Gasteiger partial charge in [0.1, 0.15) is 0 Å². The summed E-state index contributed by atoms with van der Waals surface area (Å²) in [6, 6.07) is 12.8. The zero-order valence-electron chi connectivity index (χ0n) is 14.8. The maximum absolute atomic E-state index is 11.7. The molecule has 3 aromatic rings. The van der Waals surface area contributed by atoms with E-state index in [9.17, 15) is 18.4 Å². The van der Waals surface area contributed by atoms with Gasteiger partial charge < -0.3 is 5.73 Å². The summed E-state index contributed by atoms with van der Waals surface area (Å²) in [5.41, 5.74) is 8.45. The molecule has 0 bridgehead atoms. The molecule has 0 radical (unpaired) electrons. The number of nitrogens with zero attached hydrogens (tertiary/aromatic N) is 1. The Kier molecular flexibility index (Phi) is 5.76. The van der Waals surface area contributed by atoms with E-state index in [0.29, 0.717) is 10.1 Å². The van der Waals surface area contributed by atoms with Crippen LogP contribution in [0.25, 0.3) is 22.3 Å². The van der Waals surface area contributed by atoms with E-state index in [0.717, 1.165) is 33.4 Å². The van der Waals surface area contributed by atoms with Crippen molar-refractivity contribution in [1.29, 1.82) is 0 Å². The number of halogens is 1. The quantitative estimate of drug-likeness (QED) is 0.457. The molecule has 0 atom stereocenters. The van der Waals surface area contributed by atoms with E-state index in [1.54, 1.807) is 36.4 Å². The average molecular weight is 437 g/mol. The predicted octanol–water partition coefficient (Wildman–Crippen LogP) is 4.41. The molecule has 1 heterocycles. The molecule has 2 amide bonds. The number of hydrogen-bond acceptors (Lipinski definition) is 5. The molecule has 0 aliphatic carbocycles. The molecule has 9 heteroatoms.